The molecule has 0 aliphatic carbocycles. The number of aliphatic hydroxyl groups is 1. The summed E-state index contributed by atoms with van der Waals surface area (Å²) in [5.74, 6) is -0.409. The van der Waals surface area contributed by atoms with Crippen LogP contribution in [0, 0.1) is 0 Å². The normalized spacial score (nSPS) is 14.6. The fourth-order valence-electron chi connectivity index (χ4n) is 1.80. The van der Waals surface area contributed by atoms with E-state index in [0.717, 1.165) is 0 Å². The fraction of sp³-hybridized carbons (Fsp3) is 0.583. The summed E-state index contributed by atoms with van der Waals surface area (Å²) in [5.41, 5.74) is 0.202. The van der Waals surface area contributed by atoms with Crippen LogP contribution in [0.1, 0.15) is 30.8 Å². The van der Waals surface area contributed by atoms with Crippen molar-refractivity contribution >= 4 is 5.91 Å². The number of nitrogens with one attached hydrogen (secondary N) is 1. The number of aromatic nitrogens is 1. The van der Waals surface area contributed by atoms with Gasteiger partial charge in [-0.05, 0) is 32.4 Å². The smallest absolute Gasteiger partial charge is 0.268 e. The molecule has 1 amide bonds. The summed E-state index contributed by atoms with van der Waals surface area (Å²) >= 11 is 0. The van der Waals surface area contributed by atoms with Crippen molar-refractivity contribution in [2.45, 2.75) is 45.4 Å². The molecule has 0 aromatic carbocycles. The van der Waals surface area contributed by atoms with Crippen LogP contribution in [0.5, 0.6) is 0 Å². The van der Waals surface area contributed by atoms with Crippen molar-refractivity contribution in [3.8, 4) is 0 Å². The lowest BCUT2D eigenvalue weighted by atomic mass is 10.1. The second-order valence-corrected chi connectivity index (χ2v) is 4.40. The van der Waals surface area contributed by atoms with E-state index >= 15 is 0 Å². The zero-order valence-corrected chi connectivity index (χ0v) is 10.4. The number of carbonyl (C=O) groups excluding carboxylic acids is 1. The summed E-state index contributed by atoms with van der Waals surface area (Å²) in [4.78, 5) is 11.8. The summed E-state index contributed by atoms with van der Waals surface area (Å²) < 4.78 is 25.8. The Hall–Kier alpha value is -1.43. The molecule has 0 fully saturated rings. The van der Waals surface area contributed by atoms with Crippen LogP contribution in [0.4, 0.5) is 8.78 Å². The summed E-state index contributed by atoms with van der Waals surface area (Å²) in [6, 6.07) is 2.83. The van der Waals surface area contributed by atoms with E-state index in [0.29, 0.717) is 6.42 Å². The Morgan fingerprint density at radius 3 is 2.72 bits per heavy atom. The molecule has 4 nitrogen and oxygen atoms in total. The second kappa shape index (κ2) is 6.49. The molecule has 18 heavy (non-hydrogen) atoms. The Morgan fingerprint density at radius 1 is 1.50 bits per heavy atom. The molecule has 102 valence electrons. The minimum Gasteiger partial charge on any atom is -0.393 e. The van der Waals surface area contributed by atoms with Crippen molar-refractivity contribution < 1.29 is 18.7 Å². The highest BCUT2D eigenvalue weighted by Crippen LogP contribution is 2.07. The van der Waals surface area contributed by atoms with Gasteiger partial charge in [0.1, 0.15) is 5.69 Å². The first kappa shape index (κ1) is 14.6. The largest absolute Gasteiger partial charge is 0.393 e. The number of alkyl halides is 2. The fourth-order valence-corrected chi connectivity index (χ4v) is 1.80. The van der Waals surface area contributed by atoms with Crippen molar-refractivity contribution in [2.24, 2.45) is 0 Å². The van der Waals surface area contributed by atoms with Gasteiger partial charge in [0.25, 0.3) is 12.3 Å². The molecule has 0 radical (unpaired) electrons. The molecule has 1 heterocycles. The van der Waals surface area contributed by atoms with E-state index in [-0.39, 0.29) is 11.7 Å². The minimum absolute atomic E-state index is 0.202. The van der Waals surface area contributed by atoms with Crippen LogP contribution in [0.2, 0.25) is 0 Å². The third-order valence-electron chi connectivity index (χ3n) is 2.47. The molecule has 1 rings (SSSR count). The van der Waals surface area contributed by atoms with Crippen LogP contribution in [0.25, 0.3) is 0 Å². The number of amides is 1. The highest BCUT2D eigenvalue weighted by molar-refractivity contribution is 5.92. The van der Waals surface area contributed by atoms with Crippen LogP contribution in [-0.2, 0) is 6.54 Å². The standard InChI is InChI=1S/C12H18F2N2O2/c1-8(6-9(2)17)15-12(18)10-4-3-5-16(10)7-11(13)14/h3-5,8-9,11,17H,6-7H2,1-2H3,(H,15,18). The van der Waals surface area contributed by atoms with Crippen molar-refractivity contribution in [2.75, 3.05) is 0 Å². The van der Waals surface area contributed by atoms with Crippen molar-refractivity contribution in [1.29, 1.82) is 0 Å². The molecule has 2 atom stereocenters. The number of hydrogen-bond acceptors (Lipinski definition) is 2. The van der Waals surface area contributed by atoms with Crippen LogP contribution in [0.3, 0.4) is 0 Å². The molecular weight excluding hydrogens is 242 g/mol. The molecule has 0 aliphatic heterocycles. The third-order valence-corrected chi connectivity index (χ3v) is 2.47. The Balaban J connectivity index is 2.64. The van der Waals surface area contributed by atoms with E-state index in [4.69, 9.17) is 0 Å². The number of carbonyl (C=O) groups is 1. The summed E-state index contributed by atoms with van der Waals surface area (Å²) in [5, 5.41) is 11.8. The number of nitrogens with zero attached hydrogens (tertiary/aromatic N) is 1. The highest BCUT2D eigenvalue weighted by atomic mass is 19.3. The lowest BCUT2D eigenvalue weighted by Gasteiger charge is -2.16. The van der Waals surface area contributed by atoms with Gasteiger partial charge in [-0.1, -0.05) is 0 Å². The molecule has 6 heteroatoms. The molecule has 1 aromatic heterocycles. The van der Waals surface area contributed by atoms with Gasteiger partial charge < -0.3 is 15.0 Å². The Bertz CT molecular complexity index is 391. The number of hydrogen-bond donors (Lipinski definition) is 2. The SMILES string of the molecule is CC(O)CC(C)NC(=O)c1cccn1CC(F)F. The van der Waals surface area contributed by atoms with E-state index < -0.39 is 25.0 Å². The Labute approximate surface area is 105 Å². The van der Waals surface area contributed by atoms with Crippen LogP contribution in [0.15, 0.2) is 18.3 Å². The highest BCUT2D eigenvalue weighted by Gasteiger charge is 2.16. The summed E-state index contributed by atoms with van der Waals surface area (Å²) in [6.07, 6.45) is -1.16. The molecule has 0 aliphatic rings. The molecule has 0 saturated carbocycles. The van der Waals surface area contributed by atoms with Gasteiger partial charge in [0.15, 0.2) is 0 Å². The van der Waals surface area contributed by atoms with Gasteiger partial charge in [-0.15, -0.1) is 0 Å². The summed E-state index contributed by atoms with van der Waals surface area (Å²) in [7, 11) is 0. The predicted octanol–water partition coefficient (Wildman–Crippen LogP) is 1.64. The van der Waals surface area contributed by atoms with Gasteiger partial charge in [0.2, 0.25) is 0 Å². The van der Waals surface area contributed by atoms with Crippen molar-refractivity contribution in [3.05, 3.63) is 24.0 Å². The Kier molecular flexibility index (Phi) is 5.27. The van der Waals surface area contributed by atoms with Gasteiger partial charge in [-0.3, -0.25) is 4.79 Å². The lowest BCUT2D eigenvalue weighted by molar-refractivity contribution is 0.0901. The van der Waals surface area contributed by atoms with E-state index in [1.54, 1.807) is 19.9 Å². The third kappa shape index (κ3) is 4.44. The average Bonchev–Trinajstić information content (AvgIpc) is 2.62. The first-order valence-electron chi connectivity index (χ1n) is 5.82. The maximum atomic E-state index is 12.3. The quantitative estimate of drug-likeness (QED) is 0.817. The van der Waals surface area contributed by atoms with E-state index in [1.807, 2.05) is 0 Å². The zero-order valence-electron chi connectivity index (χ0n) is 10.4. The summed E-state index contributed by atoms with van der Waals surface area (Å²) in [6.45, 7) is 2.88. The molecule has 2 unspecified atom stereocenters. The average molecular weight is 260 g/mol. The molecule has 1 aromatic rings. The molecule has 0 bridgehead atoms. The molecule has 2 N–H and O–H groups in total. The van der Waals surface area contributed by atoms with Crippen LogP contribution < -0.4 is 5.32 Å². The molecule has 0 spiro atoms. The first-order valence-corrected chi connectivity index (χ1v) is 5.82. The van der Waals surface area contributed by atoms with E-state index in [9.17, 15) is 18.7 Å². The van der Waals surface area contributed by atoms with Gasteiger partial charge in [0.05, 0.1) is 12.6 Å². The number of halogens is 2. The minimum atomic E-state index is -2.50. The van der Waals surface area contributed by atoms with Crippen LogP contribution in [-0.4, -0.2) is 34.2 Å². The second-order valence-electron chi connectivity index (χ2n) is 4.40. The van der Waals surface area contributed by atoms with Crippen molar-refractivity contribution in [1.82, 2.24) is 9.88 Å². The number of aliphatic hydroxyl groups excluding tert-OH is 1. The van der Waals surface area contributed by atoms with Gasteiger partial charge in [0, 0.05) is 12.2 Å². The van der Waals surface area contributed by atoms with E-state index in [2.05, 4.69) is 5.32 Å². The zero-order chi connectivity index (χ0) is 13.7. The Morgan fingerprint density at radius 2 is 2.17 bits per heavy atom. The van der Waals surface area contributed by atoms with E-state index in [1.165, 1.54) is 16.8 Å². The topological polar surface area (TPSA) is 54.3 Å². The maximum absolute atomic E-state index is 12.3. The molecule has 0 saturated heterocycles. The number of rotatable bonds is 6. The van der Waals surface area contributed by atoms with Crippen LogP contribution >= 0.6 is 0 Å². The van der Waals surface area contributed by atoms with Crippen molar-refractivity contribution in [3.63, 3.8) is 0 Å². The van der Waals surface area contributed by atoms with Gasteiger partial charge in [-0.2, -0.15) is 0 Å². The van der Waals surface area contributed by atoms with Gasteiger partial charge >= 0.3 is 0 Å². The lowest BCUT2D eigenvalue weighted by Crippen LogP contribution is -2.36. The monoisotopic (exact) mass is 260 g/mol. The molecular formula is C12H18F2N2O2. The van der Waals surface area contributed by atoms with Gasteiger partial charge in [-0.25, -0.2) is 8.78 Å². The first-order chi connectivity index (χ1) is 8.40. The maximum Gasteiger partial charge on any atom is 0.268 e. The predicted molar refractivity (Wildman–Crippen MR) is 63.7 cm³/mol.